The van der Waals surface area contributed by atoms with E-state index in [-0.39, 0.29) is 12.5 Å². The van der Waals surface area contributed by atoms with Gasteiger partial charge in [0.1, 0.15) is 0 Å². The van der Waals surface area contributed by atoms with Crippen LogP contribution < -0.4 is 11.0 Å². The molecule has 3 rings (SSSR count). The Labute approximate surface area is 166 Å². The van der Waals surface area contributed by atoms with Gasteiger partial charge in [0.15, 0.2) is 0 Å². The first-order valence-electron chi connectivity index (χ1n) is 9.38. The molecular weight excluding hydrogens is 387 g/mol. The summed E-state index contributed by atoms with van der Waals surface area (Å²) in [6, 6.07) is 5.36. The molecule has 1 aromatic carbocycles. The summed E-state index contributed by atoms with van der Waals surface area (Å²) in [4.78, 5) is 26.4. The highest BCUT2D eigenvalue weighted by molar-refractivity contribution is 5.93. The largest absolute Gasteiger partial charge is 0.451 e. The van der Waals surface area contributed by atoms with Gasteiger partial charge in [-0.1, -0.05) is 17.7 Å². The molecule has 1 fully saturated rings. The van der Waals surface area contributed by atoms with E-state index in [9.17, 15) is 22.8 Å². The van der Waals surface area contributed by atoms with Crippen molar-refractivity contribution in [2.45, 2.75) is 38.9 Å². The van der Waals surface area contributed by atoms with Crippen LogP contribution in [0.25, 0.3) is 0 Å². The molecule has 1 aromatic heterocycles. The summed E-state index contributed by atoms with van der Waals surface area (Å²) in [5.41, 5.74) is 2.08. The fourth-order valence-electron chi connectivity index (χ4n) is 3.61. The Hall–Kier alpha value is -2.62. The van der Waals surface area contributed by atoms with Crippen molar-refractivity contribution in [2.75, 3.05) is 25.0 Å². The standard InChI is InChI=1S/C19H24F3N5O2/c1-12-4-5-15(13(2)10-12)23-16(28)11-26-8-6-14(7-9-26)27-18(29)25(3)17(24-27)19(20,21)22/h4-5,10,14H,6-9,11H2,1-3H3,(H,23,28). The van der Waals surface area contributed by atoms with Gasteiger partial charge < -0.3 is 5.32 Å². The summed E-state index contributed by atoms with van der Waals surface area (Å²) < 4.78 is 40.3. The second kappa shape index (κ2) is 8.02. The molecular formula is C19H24F3N5O2. The van der Waals surface area contributed by atoms with Crippen molar-refractivity contribution in [2.24, 2.45) is 7.05 Å². The number of nitrogens with zero attached hydrogens (tertiary/aromatic N) is 4. The van der Waals surface area contributed by atoms with E-state index in [1.165, 1.54) is 0 Å². The SMILES string of the molecule is Cc1ccc(NC(=O)CN2CCC(n3nc(C(F)(F)F)n(C)c3=O)CC2)c(C)c1. The number of carbonyl (C=O) groups is 1. The number of aromatic nitrogens is 3. The Morgan fingerprint density at radius 3 is 2.45 bits per heavy atom. The van der Waals surface area contributed by atoms with Crippen LogP contribution in [-0.2, 0) is 18.0 Å². The zero-order valence-electron chi connectivity index (χ0n) is 16.6. The summed E-state index contributed by atoms with van der Waals surface area (Å²) in [7, 11) is 1.07. The highest BCUT2D eigenvalue weighted by Gasteiger charge is 2.39. The Balaban J connectivity index is 1.58. The number of piperidine rings is 1. The quantitative estimate of drug-likeness (QED) is 0.839. The first-order valence-corrected chi connectivity index (χ1v) is 9.38. The molecule has 2 aromatic rings. The number of hydrogen-bond donors (Lipinski definition) is 1. The van der Waals surface area contributed by atoms with Gasteiger partial charge in [-0.3, -0.25) is 14.3 Å². The maximum absolute atomic E-state index is 13.0. The average Bonchev–Trinajstić information content (AvgIpc) is 2.94. The number of hydrogen-bond acceptors (Lipinski definition) is 4. The summed E-state index contributed by atoms with van der Waals surface area (Å²) in [6.45, 7) is 5.08. The Morgan fingerprint density at radius 1 is 1.24 bits per heavy atom. The smallest absolute Gasteiger partial charge is 0.325 e. The fraction of sp³-hybridized carbons (Fsp3) is 0.526. The molecule has 29 heavy (non-hydrogen) atoms. The number of aryl methyl sites for hydroxylation is 2. The second-order valence-electron chi connectivity index (χ2n) is 7.48. The zero-order valence-corrected chi connectivity index (χ0v) is 16.6. The molecule has 0 radical (unpaired) electrons. The van der Waals surface area contributed by atoms with Gasteiger partial charge >= 0.3 is 11.9 Å². The lowest BCUT2D eigenvalue weighted by Crippen LogP contribution is -2.41. The van der Waals surface area contributed by atoms with E-state index in [1.807, 2.05) is 36.9 Å². The Morgan fingerprint density at radius 2 is 1.90 bits per heavy atom. The van der Waals surface area contributed by atoms with Gasteiger partial charge in [0.05, 0.1) is 12.6 Å². The van der Waals surface area contributed by atoms with Crippen molar-refractivity contribution in [3.05, 3.63) is 45.6 Å². The maximum Gasteiger partial charge on any atom is 0.451 e. The molecule has 0 unspecified atom stereocenters. The van der Waals surface area contributed by atoms with Gasteiger partial charge in [0.2, 0.25) is 11.7 Å². The van der Waals surface area contributed by atoms with Crippen molar-refractivity contribution in [1.82, 2.24) is 19.2 Å². The van der Waals surface area contributed by atoms with Crippen LogP contribution in [0.15, 0.2) is 23.0 Å². The molecule has 0 bridgehead atoms. The van der Waals surface area contributed by atoms with Gasteiger partial charge in [-0.15, -0.1) is 5.10 Å². The lowest BCUT2D eigenvalue weighted by molar-refractivity contribution is -0.147. The summed E-state index contributed by atoms with van der Waals surface area (Å²) in [6.07, 6.45) is -3.78. The lowest BCUT2D eigenvalue weighted by atomic mass is 10.1. The summed E-state index contributed by atoms with van der Waals surface area (Å²) in [5, 5.41) is 6.39. The van der Waals surface area contributed by atoms with E-state index < -0.39 is 23.7 Å². The van der Waals surface area contributed by atoms with Crippen LogP contribution in [-0.4, -0.2) is 44.8 Å². The number of carbonyl (C=O) groups excluding carboxylic acids is 1. The number of halogens is 3. The van der Waals surface area contributed by atoms with Crippen LogP contribution in [0.5, 0.6) is 0 Å². The maximum atomic E-state index is 13.0. The number of rotatable bonds is 4. The van der Waals surface area contributed by atoms with E-state index in [0.717, 1.165) is 28.5 Å². The van der Waals surface area contributed by atoms with Gasteiger partial charge in [-0.05, 0) is 38.3 Å². The van der Waals surface area contributed by atoms with Crippen molar-refractivity contribution in [3.8, 4) is 0 Å². The minimum Gasteiger partial charge on any atom is -0.325 e. The predicted octanol–water partition coefficient (Wildman–Crippen LogP) is 2.49. The minimum absolute atomic E-state index is 0.148. The summed E-state index contributed by atoms with van der Waals surface area (Å²) in [5.74, 6) is -1.34. The van der Waals surface area contributed by atoms with Gasteiger partial charge in [0.25, 0.3) is 0 Å². The van der Waals surface area contributed by atoms with E-state index in [1.54, 1.807) is 0 Å². The molecule has 7 nitrogen and oxygen atoms in total. The number of benzene rings is 1. The van der Waals surface area contributed by atoms with E-state index in [0.29, 0.717) is 30.5 Å². The molecule has 10 heteroatoms. The van der Waals surface area contributed by atoms with Gasteiger partial charge in [0, 0.05) is 25.8 Å². The fourth-order valence-corrected chi connectivity index (χ4v) is 3.61. The molecule has 1 N–H and O–H groups in total. The number of likely N-dealkylation sites (tertiary alicyclic amines) is 1. The van der Waals surface area contributed by atoms with Gasteiger partial charge in [-0.2, -0.15) is 13.2 Å². The lowest BCUT2D eigenvalue weighted by Gasteiger charge is -2.31. The normalized spacial score (nSPS) is 16.2. The minimum atomic E-state index is -4.67. The molecule has 0 aliphatic carbocycles. The van der Waals surface area contributed by atoms with Crippen molar-refractivity contribution >= 4 is 11.6 Å². The highest BCUT2D eigenvalue weighted by Crippen LogP contribution is 2.28. The van der Waals surface area contributed by atoms with Gasteiger partial charge in [-0.25, -0.2) is 9.48 Å². The zero-order chi connectivity index (χ0) is 21.3. The van der Waals surface area contributed by atoms with Crippen molar-refractivity contribution in [3.63, 3.8) is 0 Å². The third-order valence-electron chi connectivity index (χ3n) is 5.18. The van der Waals surface area contributed by atoms with Crippen LogP contribution in [0.1, 0.15) is 35.8 Å². The molecule has 1 saturated heterocycles. The molecule has 0 saturated carbocycles. The van der Waals surface area contributed by atoms with Crippen LogP contribution in [0.3, 0.4) is 0 Å². The molecule has 2 heterocycles. The molecule has 0 atom stereocenters. The topological polar surface area (TPSA) is 72.2 Å². The summed E-state index contributed by atoms with van der Waals surface area (Å²) >= 11 is 0. The highest BCUT2D eigenvalue weighted by atomic mass is 19.4. The van der Waals surface area contributed by atoms with Crippen LogP contribution in [0.2, 0.25) is 0 Å². The second-order valence-corrected chi connectivity index (χ2v) is 7.48. The first-order chi connectivity index (χ1) is 13.6. The Bertz CT molecular complexity index is 956. The molecule has 0 spiro atoms. The third-order valence-corrected chi connectivity index (χ3v) is 5.18. The monoisotopic (exact) mass is 411 g/mol. The van der Waals surface area contributed by atoms with E-state index in [2.05, 4.69) is 10.4 Å². The predicted molar refractivity (Wildman–Crippen MR) is 102 cm³/mol. The van der Waals surface area contributed by atoms with Crippen LogP contribution in [0.4, 0.5) is 18.9 Å². The van der Waals surface area contributed by atoms with Crippen molar-refractivity contribution < 1.29 is 18.0 Å². The molecule has 1 aliphatic rings. The van der Waals surface area contributed by atoms with Crippen LogP contribution in [0, 0.1) is 13.8 Å². The Kier molecular flexibility index (Phi) is 5.83. The molecule has 1 aliphatic heterocycles. The van der Waals surface area contributed by atoms with E-state index >= 15 is 0 Å². The average molecular weight is 411 g/mol. The van der Waals surface area contributed by atoms with Crippen molar-refractivity contribution in [1.29, 1.82) is 0 Å². The number of nitrogens with one attached hydrogen (secondary N) is 1. The van der Waals surface area contributed by atoms with Crippen LogP contribution >= 0.6 is 0 Å². The third kappa shape index (κ3) is 4.69. The van der Waals surface area contributed by atoms with E-state index in [4.69, 9.17) is 0 Å². The molecule has 158 valence electrons. The number of amides is 1. The number of anilines is 1. The molecule has 1 amide bonds. The first kappa shape index (κ1) is 21.1. The number of alkyl halides is 3.